The number of allylic oxidation sites excluding steroid dienone is 4. The number of fused-ring (bicyclic) bond motifs is 9. The van der Waals surface area contributed by atoms with Gasteiger partial charge in [0.1, 0.15) is 28.2 Å². The molecule has 4 aromatic heterocycles. The van der Waals surface area contributed by atoms with Crippen LogP contribution in [0.5, 0.6) is 0 Å². The van der Waals surface area contributed by atoms with Crippen LogP contribution in [0, 0.1) is 0 Å². The Morgan fingerprint density at radius 1 is 0.491 bits per heavy atom. The molecule has 1 unspecified atom stereocenters. The van der Waals surface area contributed by atoms with Crippen molar-refractivity contribution in [3.63, 3.8) is 0 Å². The van der Waals surface area contributed by atoms with Crippen LogP contribution in [0.1, 0.15) is 18.2 Å². The molecule has 1 aliphatic carbocycles. The van der Waals surface area contributed by atoms with Crippen molar-refractivity contribution in [1.82, 2.24) is 19.5 Å². The SMILES string of the molecule is C1=CCC(c2nc(-c3ccccc3)nc(-c3cccc4c3oc3cccc(-c5cccc6oc7cc(-n8c9ccccc9c9ccccc98)ccc7c56)c34)n2)C=C1. The fourth-order valence-electron chi connectivity index (χ4n) is 8.79. The fraction of sp³-hybridized carbons (Fsp3) is 0.0392. The summed E-state index contributed by atoms with van der Waals surface area (Å²) in [6.07, 6.45) is 9.29. The van der Waals surface area contributed by atoms with Crippen LogP contribution in [0.15, 0.2) is 185 Å². The highest BCUT2D eigenvalue weighted by Gasteiger charge is 2.23. The minimum absolute atomic E-state index is 0.0593. The van der Waals surface area contributed by atoms with E-state index in [1.807, 2.05) is 42.5 Å². The third-order valence-electron chi connectivity index (χ3n) is 11.4. The summed E-state index contributed by atoms with van der Waals surface area (Å²) in [4.78, 5) is 15.1. The zero-order valence-corrected chi connectivity index (χ0v) is 30.6. The lowest BCUT2D eigenvalue weighted by Gasteiger charge is -2.14. The van der Waals surface area contributed by atoms with Crippen molar-refractivity contribution in [2.24, 2.45) is 0 Å². The molecular formula is C51H32N4O2. The zero-order valence-electron chi connectivity index (χ0n) is 30.6. The Morgan fingerprint density at radius 3 is 1.89 bits per heavy atom. The summed E-state index contributed by atoms with van der Waals surface area (Å²) in [5.41, 5.74) is 10.5. The van der Waals surface area contributed by atoms with E-state index in [0.717, 1.165) is 84.1 Å². The predicted octanol–water partition coefficient (Wildman–Crippen LogP) is 13.4. The van der Waals surface area contributed by atoms with Gasteiger partial charge in [0.25, 0.3) is 0 Å². The lowest BCUT2D eigenvalue weighted by molar-refractivity contribution is 0.668. The number of para-hydroxylation sites is 3. The summed E-state index contributed by atoms with van der Waals surface area (Å²) in [6, 6.07) is 52.7. The number of hydrogen-bond acceptors (Lipinski definition) is 5. The number of nitrogens with zero attached hydrogens (tertiary/aromatic N) is 4. The van der Waals surface area contributed by atoms with Crippen LogP contribution in [0.4, 0.5) is 0 Å². The van der Waals surface area contributed by atoms with Crippen molar-refractivity contribution >= 4 is 65.7 Å². The van der Waals surface area contributed by atoms with Crippen molar-refractivity contribution in [3.8, 4) is 39.6 Å². The predicted molar refractivity (Wildman–Crippen MR) is 231 cm³/mol. The molecule has 0 amide bonds. The molecule has 1 atom stereocenters. The minimum Gasteiger partial charge on any atom is -0.456 e. The lowest BCUT2D eigenvalue weighted by Crippen LogP contribution is -2.07. The van der Waals surface area contributed by atoms with Crippen molar-refractivity contribution in [2.75, 3.05) is 0 Å². The molecule has 6 nitrogen and oxygen atoms in total. The third kappa shape index (κ3) is 4.94. The Morgan fingerprint density at radius 2 is 1.14 bits per heavy atom. The van der Waals surface area contributed by atoms with Gasteiger partial charge in [-0.05, 0) is 60.0 Å². The van der Waals surface area contributed by atoms with E-state index in [9.17, 15) is 0 Å². The molecule has 0 N–H and O–H groups in total. The Hall–Kier alpha value is -7.57. The molecule has 0 bridgehead atoms. The van der Waals surface area contributed by atoms with Crippen LogP contribution in [0.2, 0.25) is 0 Å². The molecule has 0 aliphatic heterocycles. The Balaban J connectivity index is 1.03. The van der Waals surface area contributed by atoms with Gasteiger partial charge in [0.15, 0.2) is 11.6 Å². The molecule has 6 heteroatoms. The van der Waals surface area contributed by atoms with Gasteiger partial charge in [-0.15, -0.1) is 0 Å². The highest BCUT2D eigenvalue weighted by atomic mass is 16.3. The van der Waals surface area contributed by atoms with Crippen molar-refractivity contribution in [2.45, 2.75) is 12.3 Å². The maximum Gasteiger partial charge on any atom is 0.167 e. The van der Waals surface area contributed by atoms with Crippen LogP contribution < -0.4 is 0 Å². The van der Waals surface area contributed by atoms with E-state index in [-0.39, 0.29) is 5.92 Å². The monoisotopic (exact) mass is 732 g/mol. The second kappa shape index (κ2) is 12.5. The molecule has 4 heterocycles. The van der Waals surface area contributed by atoms with Gasteiger partial charge >= 0.3 is 0 Å². The smallest absolute Gasteiger partial charge is 0.167 e. The van der Waals surface area contributed by atoms with E-state index in [1.54, 1.807) is 0 Å². The van der Waals surface area contributed by atoms with Gasteiger partial charge < -0.3 is 13.4 Å². The molecule has 0 spiro atoms. The summed E-state index contributed by atoms with van der Waals surface area (Å²) in [5.74, 6) is 2.04. The first-order valence-corrected chi connectivity index (χ1v) is 19.3. The summed E-state index contributed by atoms with van der Waals surface area (Å²) >= 11 is 0. The molecule has 1 aliphatic rings. The van der Waals surface area contributed by atoms with Crippen LogP contribution in [-0.2, 0) is 0 Å². The highest BCUT2D eigenvalue weighted by molar-refractivity contribution is 6.20. The van der Waals surface area contributed by atoms with Crippen molar-refractivity contribution < 1.29 is 8.83 Å². The van der Waals surface area contributed by atoms with E-state index in [2.05, 4.69) is 138 Å². The van der Waals surface area contributed by atoms with E-state index >= 15 is 0 Å². The number of benzene rings is 7. The maximum atomic E-state index is 6.79. The van der Waals surface area contributed by atoms with Crippen molar-refractivity contribution in [3.05, 3.63) is 182 Å². The van der Waals surface area contributed by atoms with Gasteiger partial charge in [-0.25, -0.2) is 15.0 Å². The number of aromatic nitrogens is 4. The first-order chi connectivity index (χ1) is 28.3. The molecule has 0 saturated carbocycles. The molecule has 0 saturated heterocycles. The normalized spacial score (nSPS) is 14.3. The molecule has 0 radical (unpaired) electrons. The number of hydrogen-bond donors (Lipinski definition) is 0. The topological polar surface area (TPSA) is 69.9 Å². The standard InChI is InChI=1S/C51H32N4O2/c1-3-14-31(15-4-1)49-52-50(32-16-5-2-6-17-32)54-51(53-49)40-23-11-22-39-47-37(21-13-27-44(47)57-48(39)40)36-20-12-26-43-46(36)38-29-28-33(30-45(38)56-43)55-41-24-9-7-18-34(41)35-19-8-10-25-42(35)55/h1-16,18-30,32H,17H2. The van der Waals surface area contributed by atoms with E-state index in [0.29, 0.717) is 11.6 Å². The summed E-state index contributed by atoms with van der Waals surface area (Å²) < 4.78 is 15.8. The first kappa shape index (κ1) is 31.7. The number of rotatable bonds is 5. The lowest BCUT2D eigenvalue weighted by atomic mass is 9.95. The second-order valence-corrected chi connectivity index (χ2v) is 14.7. The Labute approximate surface area is 326 Å². The van der Waals surface area contributed by atoms with Gasteiger partial charge in [0.05, 0.1) is 16.6 Å². The van der Waals surface area contributed by atoms with Gasteiger partial charge in [0.2, 0.25) is 0 Å². The maximum absolute atomic E-state index is 6.79. The minimum atomic E-state index is 0.0593. The van der Waals surface area contributed by atoms with Gasteiger partial charge in [-0.2, -0.15) is 0 Å². The van der Waals surface area contributed by atoms with Gasteiger partial charge in [-0.1, -0.05) is 127 Å². The van der Waals surface area contributed by atoms with Gasteiger partial charge in [0, 0.05) is 55.6 Å². The van der Waals surface area contributed by atoms with Crippen LogP contribution >= 0.6 is 0 Å². The molecule has 12 rings (SSSR count). The zero-order chi connectivity index (χ0) is 37.5. The third-order valence-corrected chi connectivity index (χ3v) is 11.4. The Kier molecular flexibility index (Phi) is 6.95. The highest BCUT2D eigenvalue weighted by Crippen LogP contribution is 2.44. The Bertz CT molecular complexity index is 3400. The van der Waals surface area contributed by atoms with Crippen LogP contribution in [0.25, 0.3) is 105 Å². The number of furan rings is 2. The molecule has 11 aromatic rings. The quantitative estimate of drug-likeness (QED) is 0.176. The summed E-state index contributed by atoms with van der Waals surface area (Å²) in [6.45, 7) is 0. The van der Waals surface area contributed by atoms with Gasteiger partial charge in [-0.3, -0.25) is 0 Å². The first-order valence-electron chi connectivity index (χ1n) is 19.3. The van der Waals surface area contributed by atoms with E-state index in [4.69, 9.17) is 23.8 Å². The molecule has 0 fully saturated rings. The largest absolute Gasteiger partial charge is 0.456 e. The average Bonchev–Trinajstić information content (AvgIpc) is 3.96. The van der Waals surface area contributed by atoms with E-state index in [1.165, 1.54) is 21.8 Å². The van der Waals surface area contributed by atoms with Crippen LogP contribution in [-0.4, -0.2) is 19.5 Å². The van der Waals surface area contributed by atoms with Crippen molar-refractivity contribution in [1.29, 1.82) is 0 Å². The molecule has 57 heavy (non-hydrogen) atoms. The second-order valence-electron chi connectivity index (χ2n) is 14.7. The summed E-state index contributed by atoms with van der Waals surface area (Å²) in [5, 5.41) is 6.64. The van der Waals surface area contributed by atoms with E-state index < -0.39 is 0 Å². The summed E-state index contributed by atoms with van der Waals surface area (Å²) in [7, 11) is 0. The average molecular weight is 733 g/mol. The molecule has 268 valence electrons. The van der Waals surface area contributed by atoms with Crippen LogP contribution in [0.3, 0.4) is 0 Å². The fourth-order valence-corrected chi connectivity index (χ4v) is 8.79. The molecule has 7 aromatic carbocycles. The molecular weight excluding hydrogens is 701 g/mol.